The van der Waals surface area contributed by atoms with Gasteiger partial charge in [-0.2, -0.15) is 10.1 Å². The van der Waals surface area contributed by atoms with Crippen LogP contribution in [0.2, 0.25) is 5.15 Å². The number of hydrogen-bond donors (Lipinski definition) is 0. The van der Waals surface area contributed by atoms with Gasteiger partial charge in [0.15, 0.2) is 11.6 Å². The average Bonchev–Trinajstić information content (AvgIpc) is 2.76. The van der Waals surface area contributed by atoms with Crippen molar-refractivity contribution in [3.05, 3.63) is 29.4 Å². The summed E-state index contributed by atoms with van der Waals surface area (Å²) in [6, 6.07) is 1.55. The molecule has 0 radical (unpaired) electrons. The summed E-state index contributed by atoms with van der Waals surface area (Å²) in [5.74, 6) is 1.47. The highest BCUT2D eigenvalue weighted by atomic mass is 35.5. The Balaban J connectivity index is 2.12. The van der Waals surface area contributed by atoms with Crippen LogP contribution in [-0.2, 0) is 17.9 Å². The summed E-state index contributed by atoms with van der Waals surface area (Å²) >= 11 is 5.90. The smallest absolute Gasteiger partial charge is 0.224 e. The maximum Gasteiger partial charge on any atom is 0.224 e. The first kappa shape index (κ1) is 13.8. The van der Waals surface area contributed by atoms with Crippen molar-refractivity contribution in [2.24, 2.45) is 0 Å². The minimum absolute atomic E-state index is 0.284. The quantitative estimate of drug-likeness (QED) is 0.762. The van der Waals surface area contributed by atoms with E-state index >= 15 is 0 Å². The highest BCUT2D eigenvalue weighted by Crippen LogP contribution is 2.21. The van der Waals surface area contributed by atoms with Gasteiger partial charge in [0, 0.05) is 19.7 Å². The Bertz CT molecular complexity index is 544. The number of methoxy groups -OCH3 is 1. The number of nitrogens with zero attached hydrogens (tertiary/aromatic N) is 4. The van der Waals surface area contributed by atoms with Crippen LogP contribution in [0.3, 0.4) is 0 Å². The maximum atomic E-state index is 5.90. The molecule has 2 rings (SSSR count). The number of rotatable bonds is 6. The third-order valence-corrected chi connectivity index (χ3v) is 2.47. The first-order chi connectivity index (χ1) is 9.21. The van der Waals surface area contributed by atoms with Crippen LogP contribution >= 0.6 is 11.6 Å². The topological polar surface area (TPSA) is 62.1 Å². The van der Waals surface area contributed by atoms with Gasteiger partial charge in [-0.15, -0.1) is 0 Å². The van der Waals surface area contributed by atoms with Crippen LogP contribution in [0.15, 0.2) is 18.5 Å². The minimum Gasteiger partial charge on any atom is -0.436 e. The van der Waals surface area contributed by atoms with Crippen molar-refractivity contribution in [3.8, 4) is 11.6 Å². The molecule has 2 heterocycles. The maximum absolute atomic E-state index is 5.90. The molecule has 0 fully saturated rings. The molecule has 0 aliphatic rings. The van der Waals surface area contributed by atoms with Crippen molar-refractivity contribution < 1.29 is 9.47 Å². The van der Waals surface area contributed by atoms with Gasteiger partial charge in [0.1, 0.15) is 11.8 Å². The summed E-state index contributed by atoms with van der Waals surface area (Å²) in [5, 5.41) is 4.49. The SMILES string of the molecule is CCCn1cc(Oc2cc(Cl)nc(COC)n2)cn1. The second-order valence-electron chi connectivity index (χ2n) is 3.92. The molecule has 0 aromatic carbocycles. The molecule has 19 heavy (non-hydrogen) atoms. The number of aryl methyl sites for hydroxylation is 1. The summed E-state index contributed by atoms with van der Waals surface area (Å²) in [7, 11) is 1.57. The molecular formula is C12H15ClN4O2. The van der Waals surface area contributed by atoms with Crippen LogP contribution < -0.4 is 4.74 Å². The van der Waals surface area contributed by atoms with Crippen LogP contribution in [0.1, 0.15) is 19.2 Å². The predicted octanol–water partition coefficient (Wildman–Crippen LogP) is 2.68. The van der Waals surface area contributed by atoms with E-state index < -0.39 is 0 Å². The van der Waals surface area contributed by atoms with Gasteiger partial charge < -0.3 is 9.47 Å². The number of hydrogen-bond acceptors (Lipinski definition) is 5. The van der Waals surface area contributed by atoms with Crippen LogP contribution in [0, 0.1) is 0 Å². The van der Waals surface area contributed by atoms with Crippen molar-refractivity contribution in [3.63, 3.8) is 0 Å². The molecule has 7 heteroatoms. The Labute approximate surface area is 116 Å². The Morgan fingerprint density at radius 2 is 2.21 bits per heavy atom. The molecular weight excluding hydrogens is 268 g/mol. The van der Waals surface area contributed by atoms with Crippen molar-refractivity contribution in [2.75, 3.05) is 7.11 Å². The summed E-state index contributed by atoms with van der Waals surface area (Å²) < 4.78 is 12.4. The molecule has 0 aliphatic carbocycles. The van der Waals surface area contributed by atoms with Gasteiger partial charge in [-0.3, -0.25) is 4.68 Å². The monoisotopic (exact) mass is 282 g/mol. The molecule has 0 amide bonds. The van der Waals surface area contributed by atoms with Crippen molar-refractivity contribution in [1.82, 2.24) is 19.7 Å². The minimum atomic E-state index is 0.284. The molecule has 2 aromatic heterocycles. The van der Waals surface area contributed by atoms with Gasteiger partial charge >= 0.3 is 0 Å². The van der Waals surface area contributed by atoms with Crippen molar-refractivity contribution in [2.45, 2.75) is 26.5 Å². The summed E-state index contributed by atoms with van der Waals surface area (Å²) in [6.07, 6.45) is 4.47. The molecule has 0 aliphatic heterocycles. The third kappa shape index (κ3) is 3.90. The molecule has 0 atom stereocenters. The zero-order chi connectivity index (χ0) is 13.7. The number of aromatic nitrogens is 4. The largest absolute Gasteiger partial charge is 0.436 e. The lowest BCUT2D eigenvalue weighted by Crippen LogP contribution is -1.99. The van der Waals surface area contributed by atoms with E-state index in [-0.39, 0.29) is 6.61 Å². The van der Waals surface area contributed by atoms with Gasteiger partial charge in [0.25, 0.3) is 0 Å². The van der Waals surface area contributed by atoms with E-state index in [1.165, 1.54) is 0 Å². The fraction of sp³-hybridized carbons (Fsp3) is 0.417. The normalized spacial score (nSPS) is 10.7. The van der Waals surface area contributed by atoms with E-state index in [0.29, 0.717) is 22.6 Å². The molecule has 102 valence electrons. The lowest BCUT2D eigenvalue weighted by molar-refractivity contribution is 0.177. The second kappa shape index (κ2) is 6.49. The van der Waals surface area contributed by atoms with Crippen molar-refractivity contribution >= 4 is 11.6 Å². The zero-order valence-electron chi connectivity index (χ0n) is 10.8. The summed E-state index contributed by atoms with van der Waals surface area (Å²) in [4.78, 5) is 8.22. The molecule has 0 N–H and O–H groups in total. The second-order valence-corrected chi connectivity index (χ2v) is 4.31. The fourth-order valence-corrected chi connectivity index (χ4v) is 1.75. The van der Waals surface area contributed by atoms with Gasteiger partial charge in [0.2, 0.25) is 5.88 Å². The first-order valence-electron chi connectivity index (χ1n) is 5.94. The van der Waals surface area contributed by atoms with E-state index in [2.05, 4.69) is 22.0 Å². The van der Waals surface area contributed by atoms with E-state index in [0.717, 1.165) is 13.0 Å². The Morgan fingerprint density at radius 1 is 1.37 bits per heavy atom. The number of ether oxygens (including phenoxy) is 2. The van der Waals surface area contributed by atoms with E-state index in [1.54, 1.807) is 19.4 Å². The number of halogens is 1. The van der Waals surface area contributed by atoms with Crippen LogP contribution in [-0.4, -0.2) is 26.9 Å². The molecule has 0 spiro atoms. The summed E-state index contributed by atoms with van der Waals surface area (Å²) in [6.45, 7) is 3.22. The van der Waals surface area contributed by atoms with Gasteiger partial charge in [-0.1, -0.05) is 18.5 Å². The Kier molecular flexibility index (Phi) is 4.70. The highest BCUT2D eigenvalue weighted by Gasteiger charge is 2.07. The van der Waals surface area contributed by atoms with Gasteiger partial charge in [-0.05, 0) is 6.42 Å². The van der Waals surface area contributed by atoms with Crippen molar-refractivity contribution in [1.29, 1.82) is 0 Å². The average molecular weight is 283 g/mol. The van der Waals surface area contributed by atoms with Crippen LogP contribution in [0.25, 0.3) is 0 Å². The van der Waals surface area contributed by atoms with Crippen LogP contribution in [0.5, 0.6) is 11.6 Å². The lowest BCUT2D eigenvalue weighted by atomic mass is 10.5. The first-order valence-corrected chi connectivity index (χ1v) is 6.31. The molecule has 0 saturated carbocycles. The molecule has 0 unspecified atom stereocenters. The molecule has 2 aromatic rings. The van der Waals surface area contributed by atoms with Gasteiger partial charge in [0.05, 0.1) is 12.4 Å². The van der Waals surface area contributed by atoms with Crippen LogP contribution in [0.4, 0.5) is 0 Å². The zero-order valence-corrected chi connectivity index (χ0v) is 11.6. The fourth-order valence-electron chi connectivity index (χ4n) is 1.56. The third-order valence-electron chi connectivity index (χ3n) is 2.28. The van der Waals surface area contributed by atoms with E-state index in [1.807, 2.05) is 10.9 Å². The lowest BCUT2D eigenvalue weighted by Gasteiger charge is -2.04. The predicted molar refractivity (Wildman–Crippen MR) is 70.3 cm³/mol. The molecule has 0 saturated heterocycles. The van der Waals surface area contributed by atoms with E-state index in [9.17, 15) is 0 Å². The Morgan fingerprint density at radius 3 is 2.95 bits per heavy atom. The molecule has 0 bridgehead atoms. The highest BCUT2D eigenvalue weighted by molar-refractivity contribution is 6.29. The summed E-state index contributed by atoms with van der Waals surface area (Å²) in [5.41, 5.74) is 0. The van der Waals surface area contributed by atoms with Gasteiger partial charge in [-0.25, -0.2) is 4.98 Å². The molecule has 6 nitrogen and oxygen atoms in total. The standard InChI is InChI=1S/C12H15ClN4O2/c1-3-4-17-7-9(6-14-17)19-12-5-10(13)15-11(16-12)8-18-2/h5-7H,3-4,8H2,1-2H3. The Hall–Kier alpha value is -1.66. The van der Waals surface area contributed by atoms with E-state index in [4.69, 9.17) is 21.1 Å².